The predicted molar refractivity (Wildman–Crippen MR) is 140 cm³/mol. The molecule has 0 heterocycles. The average molecular weight is 517 g/mol. The first-order valence-corrected chi connectivity index (χ1v) is 13.9. The summed E-state index contributed by atoms with van der Waals surface area (Å²) in [5.41, 5.74) is 1.27. The second kappa shape index (κ2) is 12.8. The zero-order valence-corrected chi connectivity index (χ0v) is 22.6. The number of methoxy groups -OCH3 is 1. The van der Waals surface area contributed by atoms with Crippen LogP contribution >= 0.6 is 7.37 Å². The number of hydrogen-bond acceptors (Lipinski definition) is 5. The van der Waals surface area contributed by atoms with Gasteiger partial charge in [0.25, 0.3) is 11.8 Å². The normalized spacial score (nSPS) is 13.8. The Morgan fingerprint density at radius 1 is 1.00 bits per heavy atom. The predicted octanol–water partition coefficient (Wildman–Crippen LogP) is 4.47. The minimum atomic E-state index is -4.36. The van der Waals surface area contributed by atoms with Gasteiger partial charge in [-0.05, 0) is 50.5 Å². The van der Waals surface area contributed by atoms with Gasteiger partial charge < -0.3 is 19.8 Å². The van der Waals surface area contributed by atoms with Crippen LogP contribution in [-0.2, 0) is 20.5 Å². The minimum Gasteiger partial charge on any atom is -0.468 e. The lowest BCUT2D eigenvalue weighted by atomic mass is 10.1. The van der Waals surface area contributed by atoms with Gasteiger partial charge in [-0.15, -0.1) is 0 Å². The highest BCUT2D eigenvalue weighted by atomic mass is 31.2. The molecule has 1 unspecified atom stereocenters. The Kier molecular flexibility index (Phi) is 10.4. The van der Waals surface area contributed by atoms with Gasteiger partial charge in [0.05, 0.1) is 7.11 Å². The van der Waals surface area contributed by atoms with Crippen molar-refractivity contribution in [1.29, 1.82) is 0 Å². The van der Waals surface area contributed by atoms with Crippen LogP contribution < -0.4 is 5.32 Å². The number of amides is 2. The summed E-state index contributed by atoms with van der Waals surface area (Å²) in [6.45, 7) is 7.88. The third-order valence-electron chi connectivity index (χ3n) is 6.12. The van der Waals surface area contributed by atoms with E-state index < -0.39 is 30.2 Å². The maximum absolute atomic E-state index is 13.7. The van der Waals surface area contributed by atoms with E-state index in [1.165, 1.54) is 19.9 Å². The highest BCUT2D eigenvalue weighted by Crippen LogP contribution is 2.58. The van der Waals surface area contributed by atoms with Gasteiger partial charge >= 0.3 is 5.97 Å². The van der Waals surface area contributed by atoms with Crippen LogP contribution in [0.15, 0.2) is 54.6 Å². The van der Waals surface area contributed by atoms with E-state index in [-0.39, 0.29) is 17.9 Å². The standard InChI is InChI=1S/C27H37N2O6P/c1-6-16-29(17-7-2)25(31)22-15-11-14-21(19-22)24(30)28-23(18-20-12-9-8-10-13-20)36(33,34)27(3,4)26(32)35-5/h8-15,19,23H,6-7,16-18H2,1-5H3,(H,28,30)(H,33,34)/t23-/m1/s1. The van der Waals surface area contributed by atoms with Crippen molar-refractivity contribution in [3.63, 3.8) is 0 Å². The number of nitrogens with zero attached hydrogens (tertiary/aromatic N) is 1. The fourth-order valence-electron chi connectivity index (χ4n) is 3.94. The summed E-state index contributed by atoms with van der Waals surface area (Å²) in [5, 5.41) is 0.911. The second-order valence-electron chi connectivity index (χ2n) is 9.23. The van der Waals surface area contributed by atoms with E-state index in [1.807, 2.05) is 19.9 Å². The summed E-state index contributed by atoms with van der Waals surface area (Å²) >= 11 is 0. The zero-order valence-electron chi connectivity index (χ0n) is 21.7. The third kappa shape index (κ3) is 6.83. The molecule has 0 aliphatic heterocycles. The van der Waals surface area contributed by atoms with Crippen LogP contribution in [0.4, 0.5) is 0 Å². The highest BCUT2D eigenvalue weighted by Gasteiger charge is 2.52. The van der Waals surface area contributed by atoms with Gasteiger partial charge in [-0.1, -0.05) is 50.2 Å². The third-order valence-corrected chi connectivity index (χ3v) is 9.07. The SMILES string of the molecule is CCCN(CCC)C(=O)c1cccc(C(=O)N[C@@H](Cc2ccccc2)P(=O)(O)C(C)(C)C(=O)OC)c1. The van der Waals surface area contributed by atoms with E-state index in [9.17, 15) is 23.8 Å². The summed E-state index contributed by atoms with van der Waals surface area (Å²) in [4.78, 5) is 51.6. The van der Waals surface area contributed by atoms with Crippen molar-refractivity contribution in [3.8, 4) is 0 Å². The maximum atomic E-state index is 13.7. The van der Waals surface area contributed by atoms with Crippen molar-refractivity contribution >= 4 is 25.2 Å². The van der Waals surface area contributed by atoms with Crippen LogP contribution in [0, 0.1) is 0 Å². The van der Waals surface area contributed by atoms with Gasteiger partial charge in [0.2, 0.25) is 7.37 Å². The van der Waals surface area contributed by atoms with Crippen molar-refractivity contribution in [2.45, 2.75) is 57.9 Å². The molecule has 0 aliphatic carbocycles. The van der Waals surface area contributed by atoms with Gasteiger partial charge in [-0.25, -0.2) is 0 Å². The molecular weight excluding hydrogens is 479 g/mol. The smallest absolute Gasteiger partial charge is 0.321 e. The Labute approximate surface area is 213 Å². The summed E-state index contributed by atoms with van der Waals surface area (Å²) in [6, 6.07) is 15.2. The lowest BCUT2D eigenvalue weighted by Gasteiger charge is -2.34. The van der Waals surface area contributed by atoms with Crippen LogP contribution in [0.25, 0.3) is 0 Å². The molecule has 36 heavy (non-hydrogen) atoms. The molecule has 2 atom stereocenters. The number of esters is 1. The molecule has 196 valence electrons. The van der Waals surface area contributed by atoms with Crippen LogP contribution in [0.1, 0.15) is 66.8 Å². The van der Waals surface area contributed by atoms with Gasteiger partial charge in [-0.3, -0.25) is 18.9 Å². The van der Waals surface area contributed by atoms with Crippen molar-refractivity contribution in [2.75, 3.05) is 20.2 Å². The van der Waals surface area contributed by atoms with Crippen LogP contribution in [-0.4, -0.2) is 58.7 Å². The Hall–Kier alpha value is -2.96. The fraction of sp³-hybridized carbons (Fsp3) is 0.444. The summed E-state index contributed by atoms with van der Waals surface area (Å²) in [5.74, 6) is -2.90. The van der Waals surface area contributed by atoms with Crippen LogP contribution in [0.3, 0.4) is 0 Å². The topological polar surface area (TPSA) is 113 Å². The Morgan fingerprint density at radius 3 is 2.14 bits per heavy atom. The van der Waals surface area contributed by atoms with Crippen molar-refractivity contribution in [1.82, 2.24) is 10.2 Å². The molecule has 2 amide bonds. The number of carbonyl (C=O) groups is 3. The molecule has 0 aliphatic rings. The van der Waals surface area contributed by atoms with E-state index >= 15 is 0 Å². The number of hydrogen-bond donors (Lipinski definition) is 2. The molecule has 0 fully saturated rings. The molecular formula is C27H37N2O6P. The monoisotopic (exact) mass is 516 g/mol. The molecule has 9 heteroatoms. The van der Waals surface area contributed by atoms with Crippen LogP contribution in [0.2, 0.25) is 0 Å². The zero-order chi connectivity index (χ0) is 26.9. The first-order chi connectivity index (χ1) is 17.0. The van der Waals surface area contributed by atoms with E-state index in [1.54, 1.807) is 47.4 Å². The van der Waals surface area contributed by atoms with E-state index in [0.717, 1.165) is 25.5 Å². The Bertz CT molecular complexity index is 1100. The van der Waals surface area contributed by atoms with Crippen molar-refractivity contribution in [2.24, 2.45) is 0 Å². The maximum Gasteiger partial charge on any atom is 0.321 e. The molecule has 0 saturated heterocycles. The molecule has 0 saturated carbocycles. The van der Waals surface area contributed by atoms with Crippen molar-refractivity contribution < 1.29 is 28.6 Å². The quantitative estimate of drug-likeness (QED) is 0.318. The molecule has 2 rings (SSSR count). The molecule has 0 bridgehead atoms. The summed E-state index contributed by atoms with van der Waals surface area (Å²) in [6.07, 6.45) is 1.66. The fourth-order valence-corrected chi connectivity index (χ4v) is 5.82. The molecule has 8 nitrogen and oxygen atoms in total. The molecule has 2 N–H and O–H groups in total. The van der Waals surface area contributed by atoms with Gasteiger partial charge in [0.15, 0.2) is 0 Å². The number of nitrogens with one attached hydrogen (secondary N) is 1. The number of ether oxygens (including phenoxy) is 1. The number of carbonyl (C=O) groups excluding carboxylic acids is 3. The van der Waals surface area contributed by atoms with E-state index in [0.29, 0.717) is 18.7 Å². The minimum absolute atomic E-state index is 0.0280. The first kappa shape index (κ1) is 29.3. The van der Waals surface area contributed by atoms with E-state index in [2.05, 4.69) is 5.32 Å². The summed E-state index contributed by atoms with van der Waals surface area (Å²) in [7, 11) is -3.21. The van der Waals surface area contributed by atoms with Gasteiger partial charge in [0.1, 0.15) is 10.9 Å². The molecule has 0 aromatic heterocycles. The van der Waals surface area contributed by atoms with Gasteiger partial charge in [0, 0.05) is 30.6 Å². The molecule has 0 radical (unpaired) electrons. The number of benzene rings is 2. The van der Waals surface area contributed by atoms with Crippen LogP contribution in [0.5, 0.6) is 0 Å². The van der Waals surface area contributed by atoms with Gasteiger partial charge in [-0.2, -0.15) is 0 Å². The largest absolute Gasteiger partial charge is 0.468 e. The first-order valence-electron chi connectivity index (χ1n) is 12.1. The summed E-state index contributed by atoms with van der Waals surface area (Å²) < 4.78 is 18.5. The lowest BCUT2D eigenvalue weighted by Crippen LogP contribution is -2.44. The Balaban J connectivity index is 2.39. The number of rotatable bonds is 12. The molecule has 2 aromatic rings. The highest BCUT2D eigenvalue weighted by molar-refractivity contribution is 7.61. The second-order valence-corrected chi connectivity index (χ2v) is 12.2. The van der Waals surface area contributed by atoms with Crippen molar-refractivity contribution in [3.05, 3.63) is 71.3 Å². The molecule has 2 aromatic carbocycles. The average Bonchev–Trinajstić information content (AvgIpc) is 2.87. The Morgan fingerprint density at radius 2 is 1.58 bits per heavy atom. The molecule has 0 spiro atoms. The van der Waals surface area contributed by atoms with E-state index in [4.69, 9.17) is 4.74 Å². The lowest BCUT2D eigenvalue weighted by molar-refractivity contribution is -0.143.